The van der Waals surface area contributed by atoms with Crippen LogP contribution in [0.4, 0.5) is 24.9 Å². The standard InChI is InChI=1S/C28H28F3N7O3S2/c1-5-20(39)37-13(2)8-36(9-14(37)3)25-16-6-18(28(29,30)31)21(17-12-42-19-7-33-26(32)34-22(17)19)24-23(16)38(27(40)35-25)15(10-41-4)11-43-24/h5-7,12-15H,1,8-11H2,2-4H3,(H2,32,33,34)/t13-,14+,15-/m0/s1. The molecule has 0 aliphatic carbocycles. The van der Waals surface area contributed by atoms with Crippen LogP contribution in [0, 0.1) is 0 Å². The maximum Gasteiger partial charge on any atom is 0.417 e. The van der Waals surface area contributed by atoms with Gasteiger partial charge in [-0.1, -0.05) is 6.58 Å². The number of methoxy groups -OCH3 is 1. The molecule has 0 unspecified atom stereocenters. The second-order valence-corrected chi connectivity index (χ2v) is 12.6. The van der Waals surface area contributed by atoms with E-state index in [0.717, 1.165) is 6.07 Å². The predicted molar refractivity (Wildman–Crippen MR) is 162 cm³/mol. The Labute approximate surface area is 252 Å². The number of nitrogens with zero attached hydrogens (tertiary/aromatic N) is 6. The van der Waals surface area contributed by atoms with Crippen LogP contribution in [-0.4, -0.2) is 75.0 Å². The van der Waals surface area contributed by atoms with Gasteiger partial charge in [0.15, 0.2) is 0 Å². The van der Waals surface area contributed by atoms with Crippen LogP contribution in [0.5, 0.6) is 0 Å². The van der Waals surface area contributed by atoms with Gasteiger partial charge in [-0.25, -0.2) is 14.8 Å². The first-order chi connectivity index (χ1) is 20.4. The molecule has 1 amide bonds. The Hall–Kier alpha value is -3.69. The number of carbonyl (C=O) groups is 1. The lowest BCUT2D eigenvalue weighted by Gasteiger charge is -2.45. The lowest BCUT2D eigenvalue weighted by molar-refractivity contribution is -0.137. The number of hydrogen-bond acceptors (Lipinski definition) is 10. The van der Waals surface area contributed by atoms with Gasteiger partial charge in [0.1, 0.15) is 5.82 Å². The number of carbonyl (C=O) groups excluding carboxylic acids is 1. The highest BCUT2D eigenvalue weighted by molar-refractivity contribution is 7.99. The van der Waals surface area contributed by atoms with Gasteiger partial charge in [-0.2, -0.15) is 18.2 Å². The molecular formula is C28H28F3N7O3S2. The zero-order valence-electron chi connectivity index (χ0n) is 23.5. The van der Waals surface area contributed by atoms with Crippen LogP contribution in [-0.2, 0) is 15.7 Å². The molecule has 1 aromatic carbocycles. The highest BCUT2D eigenvalue weighted by Crippen LogP contribution is 2.51. The molecule has 1 fully saturated rings. The number of hydrogen-bond donors (Lipinski definition) is 1. The SMILES string of the molecule is C=CC(=O)N1[C@H](C)CN(c2nc(=O)n3c4c(c(-c5csc6cnc(N)nc56)c(C(F)(F)F)cc24)SC[C@@H]3COC)C[C@@H]1C. The Kier molecular flexibility index (Phi) is 7.37. The van der Waals surface area contributed by atoms with Crippen LogP contribution in [0.2, 0.25) is 0 Å². The van der Waals surface area contributed by atoms with Crippen molar-refractivity contribution in [2.45, 2.75) is 43.0 Å². The smallest absolute Gasteiger partial charge is 0.383 e. The van der Waals surface area contributed by atoms with Crippen LogP contribution in [0.1, 0.15) is 25.5 Å². The Bertz CT molecular complexity index is 1830. The average molecular weight is 632 g/mol. The highest BCUT2D eigenvalue weighted by atomic mass is 32.2. The number of rotatable bonds is 5. The Morgan fingerprint density at radius 3 is 2.63 bits per heavy atom. The first-order valence-corrected chi connectivity index (χ1v) is 15.3. The van der Waals surface area contributed by atoms with E-state index >= 15 is 0 Å². The second kappa shape index (κ2) is 10.8. The molecule has 3 aromatic heterocycles. The van der Waals surface area contributed by atoms with Gasteiger partial charge in [-0.05, 0) is 26.0 Å². The number of alkyl halides is 3. The lowest BCUT2D eigenvalue weighted by atomic mass is 9.96. The van der Waals surface area contributed by atoms with Crippen molar-refractivity contribution in [3.05, 3.63) is 46.3 Å². The lowest BCUT2D eigenvalue weighted by Crippen LogP contribution is -2.58. The second-order valence-electron chi connectivity index (χ2n) is 10.7. The van der Waals surface area contributed by atoms with E-state index in [1.807, 2.05) is 13.8 Å². The minimum Gasteiger partial charge on any atom is -0.383 e. The summed E-state index contributed by atoms with van der Waals surface area (Å²) in [5, 5.41) is 1.83. The van der Waals surface area contributed by atoms with Crippen molar-refractivity contribution >= 4 is 61.9 Å². The molecule has 4 aromatic rings. The molecule has 0 bridgehead atoms. The topological polar surface area (TPSA) is 119 Å². The van der Waals surface area contributed by atoms with E-state index in [4.69, 9.17) is 10.5 Å². The maximum absolute atomic E-state index is 15.0. The predicted octanol–water partition coefficient (Wildman–Crippen LogP) is 4.57. The van der Waals surface area contributed by atoms with E-state index in [1.165, 1.54) is 47.0 Å². The zero-order valence-corrected chi connectivity index (χ0v) is 25.1. The number of piperazine rings is 1. The van der Waals surface area contributed by atoms with E-state index in [-0.39, 0.29) is 66.0 Å². The summed E-state index contributed by atoms with van der Waals surface area (Å²) < 4.78 is 52.4. The number of anilines is 2. The molecular weight excluding hydrogens is 603 g/mol. The van der Waals surface area contributed by atoms with E-state index in [1.54, 1.807) is 15.2 Å². The summed E-state index contributed by atoms with van der Waals surface area (Å²) in [6.45, 7) is 8.00. The summed E-state index contributed by atoms with van der Waals surface area (Å²) in [6, 6.07) is 0.0356. The van der Waals surface area contributed by atoms with Gasteiger partial charge in [0.25, 0.3) is 0 Å². The Morgan fingerprint density at radius 2 is 1.98 bits per heavy atom. The summed E-state index contributed by atoms with van der Waals surface area (Å²) in [4.78, 5) is 42.7. The summed E-state index contributed by atoms with van der Waals surface area (Å²) in [6.07, 6.45) is -2.01. The molecule has 3 atom stereocenters. The minimum atomic E-state index is -4.75. The molecule has 6 rings (SSSR count). The fraction of sp³-hybridized carbons (Fsp3) is 0.393. The van der Waals surface area contributed by atoms with Crippen LogP contribution in [0.3, 0.4) is 0 Å². The van der Waals surface area contributed by atoms with E-state index in [9.17, 15) is 22.8 Å². The van der Waals surface area contributed by atoms with Crippen molar-refractivity contribution in [1.82, 2.24) is 24.4 Å². The third-order valence-electron chi connectivity index (χ3n) is 7.84. The number of aromatic nitrogens is 4. The van der Waals surface area contributed by atoms with Gasteiger partial charge < -0.3 is 20.3 Å². The highest BCUT2D eigenvalue weighted by Gasteiger charge is 2.41. The first-order valence-electron chi connectivity index (χ1n) is 13.5. The third kappa shape index (κ3) is 4.83. The molecule has 15 heteroatoms. The fourth-order valence-electron chi connectivity index (χ4n) is 6.19. The number of ether oxygens (including phenoxy) is 1. The zero-order chi connectivity index (χ0) is 30.8. The van der Waals surface area contributed by atoms with Gasteiger partial charge in [0.2, 0.25) is 11.9 Å². The van der Waals surface area contributed by atoms with Crippen molar-refractivity contribution in [1.29, 1.82) is 0 Å². The molecule has 0 radical (unpaired) electrons. The Morgan fingerprint density at radius 1 is 1.26 bits per heavy atom. The number of halogens is 3. The van der Waals surface area contributed by atoms with E-state index < -0.39 is 23.5 Å². The largest absolute Gasteiger partial charge is 0.417 e. The van der Waals surface area contributed by atoms with Crippen LogP contribution in [0.25, 0.3) is 32.2 Å². The van der Waals surface area contributed by atoms with E-state index in [2.05, 4.69) is 21.5 Å². The van der Waals surface area contributed by atoms with Crippen molar-refractivity contribution in [2.75, 3.05) is 43.2 Å². The first kappa shape index (κ1) is 29.4. The number of fused-ring (bicyclic) bond motifs is 1. The van der Waals surface area contributed by atoms with Gasteiger partial charge in [-0.15, -0.1) is 23.1 Å². The number of thiophene rings is 1. The van der Waals surface area contributed by atoms with Gasteiger partial charge in [-0.3, -0.25) is 9.36 Å². The molecule has 226 valence electrons. The number of amides is 1. The fourth-order valence-corrected chi connectivity index (χ4v) is 8.36. The number of nitrogens with two attached hydrogens (primary N) is 1. The average Bonchev–Trinajstić information content (AvgIpc) is 3.36. The molecule has 2 aliphatic rings. The molecule has 0 spiro atoms. The molecule has 43 heavy (non-hydrogen) atoms. The minimum absolute atomic E-state index is 0.0522. The van der Waals surface area contributed by atoms with Crippen molar-refractivity contribution in [3.63, 3.8) is 0 Å². The summed E-state index contributed by atoms with van der Waals surface area (Å²) in [5.74, 6) is 0.170. The number of benzene rings is 1. The molecule has 2 aliphatic heterocycles. The number of nitrogen functional groups attached to an aromatic ring is 1. The maximum atomic E-state index is 15.0. The molecule has 5 heterocycles. The van der Waals surface area contributed by atoms with Gasteiger partial charge in [0, 0.05) is 64.8 Å². The third-order valence-corrected chi connectivity index (χ3v) is 9.99. The van der Waals surface area contributed by atoms with E-state index in [0.29, 0.717) is 26.4 Å². The van der Waals surface area contributed by atoms with Crippen LogP contribution >= 0.6 is 23.1 Å². The quantitative estimate of drug-likeness (QED) is 0.316. The summed E-state index contributed by atoms with van der Waals surface area (Å²) in [5.41, 5.74) is 5.28. The Balaban J connectivity index is 1.67. The van der Waals surface area contributed by atoms with Crippen LogP contribution in [0.15, 0.2) is 40.0 Å². The van der Waals surface area contributed by atoms with Crippen molar-refractivity contribution in [3.8, 4) is 11.1 Å². The molecule has 10 nitrogen and oxygen atoms in total. The van der Waals surface area contributed by atoms with Crippen LogP contribution < -0.4 is 16.3 Å². The number of thioether (sulfide) groups is 1. The van der Waals surface area contributed by atoms with Crippen molar-refractivity contribution < 1.29 is 22.7 Å². The van der Waals surface area contributed by atoms with Crippen molar-refractivity contribution in [2.24, 2.45) is 0 Å². The normalized spacial score (nSPS) is 20.7. The molecule has 1 saturated heterocycles. The van der Waals surface area contributed by atoms with Gasteiger partial charge >= 0.3 is 11.9 Å². The summed E-state index contributed by atoms with van der Waals surface area (Å²) in [7, 11) is 1.51. The molecule has 0 saturated carbocycles. The monoisotopic (exact) mass is 631 g/mol. The molecule has 2 N–H and O–H groups in total. The van der Waals surface area contributed by atoms with Gasteiger partial charge in [0.05, 0.1) is 40.1 Å². The summed E-state index contributed by atoms with van der Waals surface area (Å²) >= 11 is 2.47.